The number of benzene rings is 2. The molecule has 0 aromatic heterocycles. The third kappa shape index (κ3) is 6.24. The second kappa shape index (κ2) is 9.10. The van der Waals surface area contributed by atoms with E-state index in [0.717, 1.165) is 0 Å². The molecular weight excluding hydrogens is 364 g/mol. The molecule has 0 saturated heterocycles. The molecule has 0 fully saturated rings. The Kier molecular flexibility index (Phi) is 7.12. The third-order valence-corrected chi connectivity index (χ3v) is 5.98. The first-order valence-corrected chi connectivity index (χ1v) is 10.6. The molecule has 136 valence electrons. The summed E-state index contributed by atoms with van der Waals surface area (Å²) in [5, 5.41) is 0. The van der Waals surface area contributed by atoms with Crippen LogP contribution in [-0.4, -0.2) is 30.0 Å². The van der Waals surface area contributed by atoms with Gasteiger partial charge >= 0.3 is 0 Å². The highest BCUT2D eigenvalue weighted by Crippen LogP contribution is 2.14. The molecule has 0 aliphatic carbocycles. The van der Waals surface area contributed by atoms with Gasteiger partial charge in [0.1, 0.15) is 0 Å². The molecule has 0 bridgehead atoms. The van der Waals surface area contributed by atoms with Gasteiger partial charge < -0.3 is 0 Å². The van der Waals surface area contributed by atoms with Crippen LogP contribution >= 0.6 is 0 Å². The SMILES string of the molecule is O=S(=O)(OCCCCCOS(=O)(=O)c1ccccc1)c1ccccc1. The summed E-state index contributed by atoms with van der Waals surface area (Å²) in [7, 11) is -7.48. The van der Waals surface area contributed by atoms with Crippen molar-refractivity contribution in [3.05, 3.63) is 60.7 Å². The van der Waals surface area contributed by atoms with Gasteiger partial charge in [0, 0.05) is 0 Å². The van der Waals surface area contributed by atoms with Gasteiger partial charge in [-0.3, -0.25) is 8.37 Å². The smallest absolute Gasteiger partial charge is 0.266 e. The van der Waals surface area contributed by atoms with Crippen LogP contribution in [-0.2, 0) is 28.6 Å². The van der Waals surface area contributed by atoms with Crippen molar-refractivity contribution in [1.29, 1.82) is 0 Å². The van der Waals surface area contributed by atoms with Gasteiger partial charge in [-0.2, -0.15) is 16.8 Å². The fourth-order valence-corrected chi connectivity index (χ4v) is 3.96. The van der Waals surface area contributed by atoms with Gasteiger partial charge in [0.15, 0.2) is 0 Å². The highest BCUT2D eigenvalue weighted by atomic mass is 32.2. The van der Waals surface area contributed by atoms with Crippen LogP contribution in [0.2, 0.25) is 0 Å². The predicted molar refractivity (Wildman–Crippen MR) is 93.0 cm³/mol. The maximum absolute atomic E-state index is 11.9. The zero-order valence-corrected chi connectivity index (χ0v) is 15.2. The third-order valence-electron chi connectivity index (χ3n) is 3.33. The molecule has 0 aliphatic rings. The molecule has 0 radical (unpaired) electrons. The highest BCUT2D eigenvalue weighted by Gasteiger charge is 2.15. The molecular formula is C17H20O6S2. The van der Waals surface area contributed by atoms with Crippen molar-refractivity contribution in [3.63, 3.8) is 0 Å². The highest BCUT2D eigenvalue weighted by molar-refractivity contribution is 7.87. The lowest BCUT2D eigenvalue weighted by molar-refractivity contribution is 0.284. The molecule has 8 heteroatoms. The fraction of sp³-hybridized carbons (Fsp3) is 0.294. The molecule has 6 nitrogen and oxygen atoms in total. The van der Waals surface area contributed by atoms with Gasteiger partial charge in [0.05, 0.1) is 23.0 Å². The average molecular weight is 384 g/mol. The second-order valence-corrected chi connectivity index (χ2v) is 8.47. The minimum Gasteiger partial charge on any atom is -0.266 e. The van der Waals surface area contributed by atoms with E-state index in [1.165, 1.54) is 24.3 Å². The fourth-order valence-electron chi connectivity index (χ4n) is 2.03. The maximum Gasteiger partial charge on any atom is 0.296 e. The van der Waals surface area contributed by atoms with Crippen molar-refractivity contribution in [3.8, 4) is 0 Å². The largest absolute Gasteiger partial charge is 0.296 e. The van der Waals surface area contributed by atoms with Crippen molar-refractivity contribution in [1.82, 2.24) is 0 Å². The summed E-state index contributed by atoms with van der Waals surface area (Å²) in [6, 6.07) is 15.8. The molecule has 0 spiro atoms. The molecule has 0 N–H and O–H groups in total. The van der Waals surface area contributed by atoms with E-state index in [1.807, 2.05) is 0 Å². The van der Waals surface area contributed by atoms with Crippen LogP contribution in [0.25, 0.3) is 0 Å². The second-order valence-electron chi connectivity index (χ2n) is 5.24. The van der Waals surface area contributed by atoms with Crippen molar-refractivity contribution < 1.29 is 25.2 Å². The van der Waals surface area contributed by atoms with Crippen LogP contribution in [0.5, 0.6) is 0 Å². The van der Waals surface area contributed by atoms with E-state index in [-0.39, 0.29) is 23.0 Å². The molecule has 0 heterocycles. The van der Waals surface area contributed by atoms with E-state index < -0.39 is 20.2 Å². The Morgan fingerprint density at radius 2 is 0.920 bits per heavy atom. The Hall–Kier alpha value is -1.74. The minimum absolute atomic E-state index is 0.0443. The van der Waals surface area contributed by atoms with E-state index in [4.69, 9.17) is 8.37 Å². The molecule has 2 rings (SSSR count). The number of hydrogen-bond acceptors (Lipinski definition) is 6. The van der Waals surface area contributed by atoms with E-state index in [0.29, 0.717) is 19.3 Å². The molecule has 0 atom stereocenters. The van der Waals surface area contributed by atoms with Crippen LogP contribution in [0.15, 0.2) is 70.5 Å². The summed E-state index contributed by atoms with van der Waals surface area (Å²) in [5.74, 6) is 0. The molecule has 2 aromatic rings. The van der Waals surface area contributed by atoms with Crippen LogP contribution in [0.4, 0.5) is 0 Å². The molecule has 2 aromatic carbocycles. The van der Waals surface area contributed by atoms with Gasteiger partial charge in [0.2, 0.25) is 0 Å². The molecule has 25 heavy (non-hydrogen) atoms. The van der Waals surface area contributed by atoms with Crippen LogP contribution in [0, 0.1) is 0 Å². The summed E-state index contributed by atoms with van der Waals surface area (Å²) in [4.78, 5) is 0.236. The van der Waals surface area contributed by atoms with Crippen molar-refractivity contribution in [2.24, 2.45) is 0 Å². The lowest BCUT2D eigenvalue weighted by Gasteiger charge is -2.06. The summed E-state index contributed by atoms with van der Waals surface area (Å²) >= 11 is 0. The lowest BCUT2D eigenvalue weighted by Crippen LogP contribution is -2.09. The predicted octanol–water partition coefficient (Wildman–Crippen LogP) is 2.97. The summed E-state index contributed by atoms with van der Waals surface area (Å²) < 4.78 is 57.4. The van der Waals surface area contributed by atoms with Gasteiger partial charge in [-0.25, -0.2) is 0 Å². The van der Waals surface area contributed by atoms with E-state index in [9.17, 15) is 16.8 Å². The quantitative estimate of drug-likeness (QED) is 0.462. The molecule has 0 unspecified atom stereocenters. The standard InChI is InChI=1S/C17H20O6S2/c18-24(19,16-10-4-1-5-11-16)22-14-8-3-9-15-23-25(20,21)17-12-6-2-7-13-17/h1-2,4-7,10-13H,3,8-9,14-15H2. The Balaban J connectivity index is 1.66. The van der Waals surface area contributed by atoms with Gasteiger partial charge in [-0.15, -0.1) is 0 Å². The minimum atomic E-state index is -3.74. The maximum atomic E-state index is 11.9. The van der Waals surface area contributed by atoms with E-state index in [2.05, 4.69) is 0 Å². The van der Waals surface area contributed by atoms with Crippen LogP contribution in [0.1, 0.15) is 19.3 Å². The Bertz CT molecular complexity index is 773. The average Bonchev–Trinajstić information content (AvgIpc) is 2.62. The van der Waals surface area contributed by atoms with Gasteiger partial charge in [0.25, 0.3) is 20.2 Å². The normalized spacial score (nSPS) is 12.2. The monoisotopic (exact) mass is 384 g/mol. The van der Waals surface area contributed by atoms with Crippen LogP contribution in [0.3, 0.4) is 0 Å². The first-order chi connectivity index (χ1) is 11.9. The van der Waals surface area contributed by atoms with Crippen molar-refractivity contribution >= 4 is 20.2 Å². The first-order valence-electron chi connectivity index (χ1n) is 7.81. The molecule has 0 saturated carbocycles. The summed E-state index contributed by atoms with van der Waals surface area (Å²) in [6.07, 6.45) is 1.57. The van der Waals surface area contributed by atoms with E-state index >= 15 is 0 Å². The van der Waals surface area contributed by atoms with Crippen LogP contribution < -0.4 is 0 Å². The molecule has 0 amide bonds. The van der Waals surface area contributed by atoms with Gasteiger partial charge in [-0.1, -0.05) is 36.4 Å². The lowest BCUT2D eigenvalue weighted by atomic mass is 10.2. The Morgan fingerprint density at radius 1 is 0.560 bits per heavy atom. The summed E-state index contributed by atoms with van der Waals surface area (Å²) in [5.41, 5.74) is 0. The zero-order valence-electron chi connectivity index (χ0n) is 13.6. The Morgan fingerprint density at radius 3 is 1.28 bits per heavy atom. The summed E-state index contributed by atoms with van der Waals surface area (Å²) in [6.45, 7) is 0.0886. The topological polar surface area (TPSA) is 86.7 Å². The molecule has 0 aliphatic heterocycles. The van der Waals surface area contributed by atoms with Gasteiger partial charge in [-0.05, 0) is 43.5 Å². The zero-order chi connectivity index (χ0) is 18.2. The van der Waals surface area contributed by atoms with Crippen molar-refractivity contribution in [2.75, 3.05) is 13.2 Å². The van der Waals surface area contributed by atoms with E-state index in [1.54, 1.807) is 36.4 Å². The van der Waals surface area contributed by atoms with Crippen molar-refractivity contribution in [2.45, 2.75) is 29.1 Å². The first kappa shape index (κ1) is 19.6. The number of rotatable bonds is 10. The number of hydrogen-bond donors (Lipinski definition) is 0. The number of unbranched alkanes of at least 4 members (excludes halogenated alkanes) is 2. The Labute approximate surface area is 148 Å².